The van der Waals surface area contributed by atoms with E-state index in [0.29, 0.717) is 6.54 Å². The normalized spacial score (nSPS) is 10.1. The molecule has 0 aromatic carbocycles. The Kier molecular flexibility index (Phi) is 2.95. The fraction of sp³-hybridized carbons (Fsp3) is 0.500. The predicted octanol–water partition coefficient (Wildman–Crippen LogP) is -0.429. The second-order valence-corrected chi connectivity index (χ2v) is 2.92. The molecule has 0 bridgehead atoms. The number of nitrogens with two attached hydrogens (primary N) is 1. The fourth-order valence-corrected chi connectivity index (χ4v) is 1.27. The highest BCUT2D eigenvalue weighted by molar-refractivity contribution is 5.59. The van der Waals surface area contributed by atoms with E-state index >= 15 is 0 Å². The maximum absolute atomic E-state index is 11.3. The zero-order valence-corrected chi connectivity index (χ0v) is 8.26. The molecule has 4 N–H and O–H groups in total. The van der Waals surface area contributed by atoms with Crippen LogP contribution in [0.4, 0.5) is 11.5 Å². The number of anilines is 2. The summed E-state index contributed by atoms with van der Waals surface area (Å²) in [4.78, 5) is 24.7. The standard InChI is InChI=1S/C8H14N4O2/c1-3-4-12-6(9)5(10-2)7(13)11-8(12)14/h10H,3-4,9H2,1-2H3,(H,11,13,14). The van der Waals surface area contributed by atoms with Crippen molar-refractivity contribution in [3.05, 3.63) is 20.8 Å². The van der Waals surface area contributed by atoms with Crippen molar-refractivity contribution in [2.24, 2.45) is 0 Å². The number of aromatic amines is 1. The van der Waals surface area contributed by atoms with Gasteiger partial charge in [-0.2, -0.15) is 0 Å². The van der Waals surface area contributed by atoms with Crippen LogP contribution in [-0.2, 0) is 6.54 Å². The summed E-state index contributed by atoms with van der Waals surface area (Å²) >= 11 is 0. The highest BCUT2D eigenvalue weighted by Crippen LogP contribution is 2.08. The molecule has 6 heteroatoms. The lowest BCUT2D eigenvalue weighted by atomic mass is 10.4. The molecule has 0 aliphatic rings. The first-order chi connectivity index (χ1) is 6.61. The molecule has 0 unspecified atom stereocenters. The molecule has 0 aliphatic carbocycles. The number of rotatable bonds is 3. The van der Waals surface area contributed by atoms with Crippen LogP contribution in [-0.4, -0.2) is 16.6 Å². The van der Waals surface area contributed by atoms with Crippen LogP contribution in [0, 0.1) is 0 Å². The summed E-state index contributed by atoms with van der Waals surface area (Å²) in [6.07, 6.45) is 0.777. The molecule has 1 aromatic heterocycles. The van der Waals surface area contributed by atoms with Gasteiger partial charge in [0.1, 0.15) is 11.5 Å². The molecule has 0 saturated heterocycles. The van der Waals surface area contributed by atoms with Crippen molar-refractivity contribution < 1.29 is 0 Å². The van der Waals surface area contributed by atoms with Crippen molar-refractivity contribution in [1.82, 2.24) is 9.55 Å². The number of hydrogen-bond acceptors (Lipinski definition) is 4. The van der Waals surface area contributed by atoms with E-state index in [-0.39, 0.29) is 11.5 Å². The highest BCUT2D eigenvalue weighted by Gasteiger charge is 2.09. The van der Waals surface area contributed by atoms with Gasteiger partial charge >= 0.3 is 5.69 Å². The SMILES string of the molecule is CCCn1c(N)c(NC)c(=O)[nH]c1=O. The molecule has 0 atom stereocenters. The van der Waals surface area contributed by atoms with Crippen LogP contribution < -0.4 is 22.3 Å². The summed E-state index contributed by atoms with van der Waals surface area (Å²) < 4.78 is 1.34. The first-order valence-corrected chi connectivity index (χ1v) is 4.42. The number of nitrogens with zero attached hydrogens (tertiary/aromatic N) is 1. The zero-order valence-electron chi connectivity index (χ0n) is 8.26. The fourth-order valence-electron chi connectivity index (χ4n) is 1.27. The third-order valence-electron chi connectivity index (χ3n) is 1.94. The Bertz CT molecular complexity index is 432. The van der Waals surface area contributed by atoms with Gasteiger partial charge in [-0.25, -0.2) is 4.79 Å². The number of H-pyrrole nitrogens is 1. The Morgan fingerprint density at radius 1 is 1.50 bits per heavy atom. The summed E-state index contributed by atoms with van der Waals surface area (Å²) in [6.45, 7) is 2.42. The van der Waals surface area contributed by atoms with Crippen molar-refractivity contribution in [3.63, 3.8) is 0 Å². The number of nitrogen functional groups attached to an aromatic ring is 1. The summed E-state index contributed by atoms with van der Waals surface area (Å²) in [6, 6.07) is 0. The minimum atomic E-state index is -0.484. The molecule has 1 rings (SSSR count). The quantitative estimate of drug-likeness (QED) is 0.614. The van der Waals surface area contributed by atoms with E-state index in [9.17, 15) is 9.59 Å². The molecule has 1 heterocycles. The maximum Gasteiger partial charge on any atom is 0.330 e. The monoisotopic (exact) mass is 198 g/mol. The minimum absolute atomic E-state index is 0.183. The number of aromatic nitrogens is 2. The third-order valence-corrected chi connectivity index (χ3v) is 1.94. The molecule has 6 nitrogen and oxygen atoms in total. The van der Waals surface area contributed by atoms with Gasteiger partial charge in [0.2, 0.25) is 0 Å². The lowest BCUT2D eigenvalue weighted by molar-refractivity contribution is 0.643. The summed E-state index contributed by atoms with van der Waals surface area (Å²) in [5.74, 6) is 0.183. The molecular formula is C8H14N4O2. The van der Waals surface area contributed by atoms with Gasteiger partial charge in [0.25, 0.3) is 5.56 Å². The van der Waals surface area contributed by atoms with Crippen molar-refractivity contribution in [2.45, 2.75) is 19.9 Å². The number of hydrogen-bond donors (Lipinski definition) is 3. The molecule has 1 aromatic rings. The molecule has 14 heavy (non-hydrogen) atoms. The van der Waals surface area contributed by atoms with E-state index in [1.54, 1.807) is 7.05 Å². The van der Waals surface area contributed by atoms with E-state index in [4.69, 9.17) is 5.73 Å². The first-order valence-electron chi connectivity index (χ1n) is 4.42. The Labute approximate surface area is 80.8 Å². The van der Waals surface area contributed by atoms with Gasteiger partial charge in [0.15, 0.2) is 0 Å². The van der Waals surface area contributed by atoms with Gasteiger partial charge in [-0.3, -0.25) is 14.3 Å². The Morgan fingerprint density at radius 2 is 2.14 bits per heavy atom. The second-order valence-electron chi connectivity index (χ2n) is 2.92. The van der Waals surface area contributed by atoms with Gasteiger partial charge in [-0.1, -0.05) is 6.92 Å². The lowest BCUT2D eigenvalue weighted by Crippen LogP contribution is -2.33. The van der Waals surface area contributed by atoms with Crippen LogP contribution in [0.25, 0.3) is 0 Å². The van der Waals surface area contributed by atoms with Crippen LogP contribution >= 0.6 is 0 Å². The van der Waals surface area contributed by atoms with Crippen LogP contribution in [0.3, 0.4) is 0 Å². The molecule has 0 aliphatic heterocycles. The molecule has 0 saturated carbocycles. The second kappa shape index (κ2) is 3.99. The average Bonchev–Trinajstić information content (AvgIpc) is 2.12. The molecule has 0 spiro atoms. The van der Waals surface area contributed by atoms with E-state index < -0.39 is 11.2 Å². The third kappa shape index (κ3) is 1.63. The molecule has 78 valence electrons. The van der Waals surface area contributed by atoms with Gasteiger partial charge in [-0.15, -0.1) is 0 Å². The van der Waals surface area contributed by atoms with Gasteiger partial charge in [-0.05, 0) is 6.42 Å². The first kappa shape index (κ1) is 10.4. The molecular weight excluding hydrogens is 184 g/mol. The van der Waals surface area contributed by atoms with Crippen LogP contribution in [0.5, 0.6) is 0 Å². The van der Waals surface area contributed by atoms with Gasteiger partial charge in [0.05, 0.1) is 0 Å². The van der Waals surface area contributed by atoms with E-state index in [0.717, 1.165) is 6.42 Å². The van der Waals surface area contributed by atoms with E-state index in [1.165, 1.54) is 4.57 Å². The van der Waals surface area contributed by atoms with Crippen LogP contribution in [0.1, 0.15) is 13.3 Å². The predicted molar refractivity (Wildman–Crippen MR) is 55.6 cm³/mol. The topological polar surface area (TPSA) is 92.9 Å². The summed E-state index contributed by atoms with van der Waals surface area (Å²) in [5.41, 5.74) is 4.95. The Morgan fingerprint density at radius 3 is 2.64 bits per heavy atom. The van der Waals surface area contributed by atoms with Crippen LogP contribution in [0.2, 0.25) is 0 Å². The summed E-state index contributed by atoms with van der Waals surface area (Å²) in [7, 11) is 1.59. The van der Waals surface area contributed by atoms with Crippen molar-refractivity contribution in [2.75, 3.05) is 18.1 Å². The van der Waals surface area contributed by atoms with Crippen molar-refractivity contribution in [1.29, 1.82) is 0 Å². The minimum Gasteiger partial charge on any atom is -0.383 e. The van der Waals surface area contributed by atoms with E-state index in [2.05, 4.69) is 10.3 Å². The molecule has 0 amide bonds. The van der Waals surface area contributed by atoms with Gasteiger partial charge < -0.3 is 11.1 Å². The Balaban J connectivity index is 3.44. The van der Waals surface area contributed by atoms with Crippen molar-refractivity contribution >= 4 is 11.5 Å². The zero-order chi connectivity index (χ0) is 10.7. The lowest BCUT2D eigenvalue weighted by Gasteiger charge is -2.10. The number of nitrogens with one attached hydrogen (secondary N) is 2. The highest BCUT2D eigenvalue weighted by atomic mass is 16.2. The van der Waals surface area contributed by atoms with E-state index in [1.807, 2.05) is 6.92 Å². The Hall–Kier alpha value is -1.72. The van der Waals surface area contributed by atoms with Crippen molar-refractivity contribution in [3.8, 4) is 0 Å². The smallest absolute Gasteiger partial charge is 0.330 e. The molecule has 0 fully saturated rings. The van der Waals surface area contributed by atoms with Gasteiger partial charge in [0, 0.05) is 13.6 Å². The molecule has 0 radical (unpaired) electrons. The maximum atomic E-state index is 11.3. The summed E-state index contributed by atoms with van der Waals surface area (Å²) in [5, 5.41) is 2.66. The average molecular weight is 198 g/mol. The van der Waals surface area contributed by atoms with Crippen LogP contribution in [0.15, 0.2) is 9.59 Å². The largest absolute Gasteiger partial charge is 0.383 e.